The maximum absolute atomic E-state index is 12.0. The number of anilines is 1. The molecule has 1 unspecified atom stereocenters. The number of amides is 2. The molecule has 1 atom stereocenters. The number of hydrogen-bond donors (Lipinski definition) is 3. The molecular formula is C14H20ClN3O2S. The minimum Gasteiger partial charge on any atom is -0.350 e. The van der Waals surface area contributed by atoms with Crippen LogP contribution in [-0.2, 0) is 4.79 Å². The van der Waals surface area contributed by atoms with E-state index in [0.29, 0.717) is 17.8 Å². The lowest BCUT2D eigenvalue weighted by Gasteiger charge is -2.22. The number of nitrogens with one attached hydrogen (secondary N) is 2. The van der Waals surface area contributed by atoms with Crippen LogP contribution in [0.1, 0.15) is 31.1 Å². The second-order valence-electron chi connectivity index (χ2n) is 5.63. The molecule has 0 aliphatic carbocycles. The number of nitrogens with two attached hydrogens (primary N) is 1. The van der Waals surface area contributed by atoms with Crippen LogP contribution in [0, 0.1) is 0 Å². The zero-order chi connectivity index (χ0) is 14.9. The predicted octanol–water partition coefficient (Wildman–Crippen LogP) is 2.01. The van der Waals surface area contributed by atoms with E-state index in [1.165, 1.54) is 11.8 Å². The molecule has 0 aromatic heterocycles. The fraction of sp³-hybridized carbons (Fsp3) is 0.429. The summed E-state index contributed by atoms with van der Waals surface area (Å²) in [5.74, 6) is -0.229. The van der Waals surface area contributed by atoms with Gasteiger partial charge in [0.15, 0.2) is 0 Å². The van der Waals surface area contributed by atoms with Gasteiger partial charge in [-0.15, -0.1) is 24.2 Å². The van der Waals surface area contributed by atoms with Gasteiger partial charge in [-0.3, -0.25) is 9.59 Å². The quantitative estimate of drug-likeness (QED) is 0.792. The van der Waals surface area contributed by atoms with Crippen molar-refractivity contribution in [1.82, 2.24) is 5.32 Å². The Hall–Kier alpha value is -1.24. The Balaban J connectivity index is 0.00000220. The first kappa shape index (κ1) is 17.8. The van der Waals surface area contributed by atoms with E-state index < -0.39 is 5.54 Å². The largest absolute Gasteiger partial charge is 0.350 e. The van der Waals surface area contributed by atoms with Crippen LogP contribution in [0.4, 0.5) is 5.69 Å². The summed E-state index contributed by atoms with van der Waals surface area (Å²) in [7, 11) is 0. The van der Waals surface area contributed by atoms with Gasteiger partial charge in [-0.05, 0) is 39.0 Å². The van der Waals surface area contributed by atoms with Gasteiger partial charge in [0.05, 0.1) is 10.9 Å². The lowest BCUT2D eigenvalue weighted by atomic mass is 10.1. The molecule has 1 heterocycles. The van der Waals surface area contributed by atoms with Gasteiger partial charge in [-0.25, -0.2) is 0 Å². The Labute approximate surface area is 134 Å². The zero-order valence-electron chi connectivity index (χ0n) is 12.2. The van der Waals surface area contributed by atoms with Crippen molar-refractivity contribution in [3.8, 4) is 0 Å². The van der Waals surface area contributed by atoms with Crippen molar-refractivity contribution in [2.45, 2.75) is 36.5 Å². The van der Waals surface area contributed by atoms with Crippen molar-refractivity contribution < 1.29 is 9.59 Å². The molecule has 5 nitrogen and oxygen atoms in total. The van der Waals surface area contributed by atoms with Gasteiger partial charge in [0, 0.05) is 22.5 Å². The molecule has 2 rings (SSSR count). The Morgan fingerprint density at radius 2 is 2.14 bits per heavy atom. The fourth-order valence-electron chi connectivity index (χ4n) is 1.76. The average Bonchev–Trinajstić information content (AvgIpc) is 2.36. The molecule has 0 saturated carbocycles. The molecule has 7 heteroatoms. The van der Waals surface area contributed by atoms with E-state index in [1.54, 1.807) is 12.1 Å². The fourth-order valence-corrected chi connectivity index (χ4v) is 2.69. The predicted molar refractivity (Wildman–Crippen MR) is 88.2 cm³/mol. The number of benzene rings is 1. The number of carbonyl (C=O) groups excluding carboxylic acids is 2. The molecule has 0 radical (unpaired) electrons. The average molecular weight is 330 g/mol. The first-order valence-electron chi connectivity index (χ1n) is 6.45. The maximum Gasteiger partial charge on any atom is 0.251 e. The standard InChI is InChI=1S/C14H19N3O2S.ClH/c1-8-12(18)17-10-6-9(4-5-11(10)20-8)13(19)16-7-14(2,3)15;/h4-6,8H,7,15H2,1-3H3,(H,16,19)(H,17,18);1H. The van der Waals surface area contributed by atoms with Gasteiger partial charge in [0.2, 0.25) is 5.91 Å². The molecule has 21 heavy (non-hydrogen) atoms. The normalized spacial score (nSPS) is 17.3. The first-order valence-corrected chi connectivity index (χ1v) is 7.33. The monoisotopic (exact) mass is 329 g/mol. The highest BCUT2D eigenvalue weighted by Crippen LogP contribution is 2.35. The van der Waals surface area contributed by atoms with Gasteiger partial charge >= 0.3 is 0 Å². The van der Waals surface area contributed by atoms with E-state index in [1.807, 2.05) is 26.8 Å². The smallest absolute Gasteiger partial charge is 0.251 e. The molecular weight excluding hydrogens is 310 g/mol. The van der Waals surface area contributed by atoms with Crippen LogP contribution >= 0.6 is 24.2 Å². The third-order valence-electron chi connectivity index (χ3n) is 2.88. The Kier molecular flexibility index (Phi) is 5.67. The molecule has 0 saturated heterocycles. The summed E-state index contributed by atoms with van der Waals surface area (Å²) in [5.41, 5.74) is 6.59. The lowest BCUT2D eigenvalue weighted by molar-refractivity contribution is -0.115. The van der Waals surface area contributed by atoms with Gasteiger partial charge in [-0.1, -0.05) is 0 Å². The van der Waals surface area contributed by atoms with Crippen LogP contribution < -0.4 is 16.4 Å². The van der Waals surface area contributed by atoms with Crippen molar-refractivity contribution in [3.63, 3.8) is 0 Å². The molecule has 116 valence electrons. The molecule has 1 aliphatic heterocycles. The second-order valence-corrected chi connectivity index (χ2v) is 7.01. The third kappa shape index (κ3) is 4.62. The maximum atomic E-state index is 12.0. The molecule has 0 bridgehead atoms. The van der Waals surface area contributed by atoms with Crippen LogP contribution in [0.25, 0.3) is 0 Å². The number of hydrogen-bond acceptors (Lipinski definition) is 4. The number of rotatable bonds is 3. The Morgan fingerprint density at radius 1 is 1.48 bits per heavy atom. The van der Waals surface area contributed by atoms with E-state index in [2.05, 4.69) is 10.6 Å². The minimum atomic E-state index is -0.455. The summed E-state index contributed by atoms with van der Waals surface area (Å²) in [5, 5.41) is 5.48. The van der Waals surface area contributed by atoms with Crippen molar-refractivity contribution in [1.29, 1.82) is 0 Å². The summed E-state index contributed by atoms with van der Waals surface area (Å²) in [6.45, 7) is 5.94. The van der Waals surface area contributed by atoms with Crippen LogP contribution in [0.3, 0.4) is 0 Å². The molecule has 0 fully saturated rings. The Bertz CT molecular complexity index is 558. The highest BCUT2D eigenvalue weighted by molar-refractivity contribution is 8.00. The van der Waals surface area contributed by atoms with E-state index in [9.17, 15) is 9.59 Å². The summed E-state index contributed by atoms with van der Waals surface area (Å²) in [4.78, 5) is 24.7. The number of thioether (sulfide) groups is 1. The van der Waals surface area contributed by atoms with E-state index in [-0.39, 0.29) is 29.5 Å². The minimum absolute atomic E-state index is 0. The van der Waals surface area contributed by atoms with Gasteiger partial charge in [0.1, 0.15) is 0 Å². The van der Waals surface area contributed by atoms with Crippen molar-refractivity contribution in [2.75, 3.05) is 11.9 Å². The van der Waals surface area contributed by atoms with E-state index >= 15 is 0 Å². The summed E-state index contributed by atoms with van der Waals surface area (Å²) in [6, 6.07) is 5.32. The number of halogens is 1. The lowest BCUT2D eigenvalue weighted by Crippen LogP contribution is -2.45. The molecule has 2 amide bonds. The molecule has 0 spiro atoms. The van der Waals surface area contributed by atoms with Gasteiger partial charge in [0.25, 0.3) is 5.91 Å². The summed E-state index contributed by atoms with van der Waals surface area (Å²) < 4.78 is 0. The highest BCUT2D eigenvalue weighted by Gasteiger charge is 2.24. The number of carbonyl (C=O) groups is 2. The van der Waals surface area contributed by atoms with Crippen molar-refractivity contribution in [3.05, 3.63) is 23.8 Å². The second kappa shape index (κ2) is 6.68. The summed E-state index contributed by atoms with van der Waals surface area (Å²) >= 11 is 1.49. The van der Waals surface area contributed by atoms with Crippen molar-refractivity contribution in [2.24, 2.45) is 5.73 Å². The van der Waals surface area contributed by atoms with Gasteiger partial charge < -0.3 is 16.4 Å². The number of fused-ring (bicyclic) bond motifs is 1. The third-order valence-corrected chi connectivity index (χ3v) is 4.05. The van der Waals surface area contributed by atoms with Crippen LogP contribution in [0.2, 0.25) is 0 Å². The Morgan fingerprint density at radius 3 is 2.76 bits per heavy atom. The molecule has 1 aliphatic rings. The highest BCUT2D eigenvalue weighted by atomic mass is 35.5. The van der Waals surface area contributed by atoms with Crippen molar-refractivity contribution >= 4 is 41.7 Å². The topological polar surface area (TPSA) is 84.2 Å². The van der Waals surface area contributed by atoms with Gasteiger partial charge in [-0.2, -0.15) is 0 Å². The summed E-state index contributed by atoms with van der Waals surface area (Å²) in [6.07, 6.45) is 0. The first-order chi connectivity index (χ1) is 9.26. The SMILES string of the molecule is CC1Sc2ccc(C(=O)NCC(C)(C)N)cc2NC1=O.Cl. The van der Waals surface area contributed by atoms with Crippen LogP contribution in [0.5, 0.6) is 0 Å². The zero-order valence-corrected chi connectivity index (χ0v) is 13.9. The molecule has 1 aromatic rings. The van der Waals surface area contributed by atoms with E-state index in [4.69, 9.17) is 5.73 Å². The van der Waals surface area contributed by atoms with Crippen LogP contribution in [0.15, 0.2) is 23.1 Å². The molecule has 1 aromatic carbocycles. The van der Waals surface area contributed by atoms with Crippen LogP contribution in [-0.4, -0.2) is 29.1 Å². The molecule has 4 N–H and O–H groups in total. The van der Waals surface area contributed by atoms with E-state index in [0.717, 1.165) is 4.90 Å².